The highest BCUT2D eigenvalue weighted by molar-refractivity contribution is 7.73. The van der Waals surface area contributed by atoms with E-state index in [9.17, 15) is 8.42 Å². The van der Waals surface area contributed by atoms with E-state index in [4.69, 9.17) is 0 Å². The standard InChI is InChI=1S/C9H7N2O2S/c12-14(13)11-9-3-1-2-7-4-5-10-6-8(7)9/h1-5,14H,(H,11,12,13). The zero-order chi connectivity index (χ0) is 9.97. The summed E-state index contributed by atoms with van der Waals surface area (Å²) in [5, 5.41) is 1.58. The van der Waals surface area contributed by atoms with Gasteiger partial charge in [-0.05, 0) is 17.5 Å². The molecule has 1 aromatic heterocycles. The number of fused-ring (bicyclic) bond motifs is 1. The van der Waals surface area contributed by atoms with Crippen molar-refractivity contribution in [2.24, 2.45) is 0 Å². The van der Waals surface area contributed by atoms with Crippen molar-refractivity contribution < 1.29 is 8.42 Å². The van der Waals surface area contributed by atoms with E-state index in [0.29, 0.717) is 11.1 Å². The lowest BCUT2D eigenvalue weighted by Crippen LogP contribution is -1.95. The summed E-state index contributed by atoms with van der Waals surface area (Å²) in [6, 6.07) is 7.12. The summed E-state index contributed by atoms with van der Waals surface area (Å²) in [7, 11) is -2.65. The molecule has 1 radical (unpaired) electrons. The van der Waals surface area contributed by atoms with Crippen molar-refractivity contribution in [2.75, 3.05) is 4.72 Å². The number of thiol groups is 1. The highest BCUT2D eigenvalue weighted by Crippen LogP contribution is 2.21. The molecule has 0 aliphatic heterocycles. The first kappa shape index (κ1) is 8.96. The molecule has 1 N–H and O–H groups in total. The molecular formula is C9H7N2O2S. The van der Waals surface area contributed by atoms with Crippen LogP contribution in [0.4, 0.5) is 5.69 Å². The smallest absolute Gasteiger partial charge is 0.222 e. The van der Waals surface area contributed by atoms with Crippen molar-refractivity contribution in [3.05, 3.63) is 36.7 Å². The summed E-state index contributed by atoms with van der Waals surface area (Å²) in [6.07, 6.45) is 4.36. The van der Waals surface area contributed by atoms with Gasteiger partial charge in [0.15, 0.2) is 0 Å². The first-order valence-corrected chi connectivity index (χ1v) is 5.11. The maximum atomic E-state index is 10.5. The molecule has 2 rings (SSSR count). The van der Waals surface area contributed by atoms with Crippen molar-refractivity contribution in [3.63, 3.8) is 0 Å². The van der Waals surface area contributed by atoms with Gasteiger partial charge in [-0.15, -0.1) is 0 Å². The summed E-state index contributed by atoms with van der Waals surface area (Å²) in [5.74, 6) is 0. The number of nitrogens with zero attached hydrogens (tertiary/aromatic N) is 1. The molecule has 0 spiro atoms. The van der Waals surface area contributed by atoms with Gasteiger partial charge < -0.3 is 0 Å². The van der Waals surface area contributed by atoms with E-state index in [2.05, 4.69) is 15.9 Å². The van der Waals surface area contributed by atoms with Gasteiger partial charge in [-0.25, -0.2) is 8.42 Å². The molecule has 0 saturated heterocycles. The number of aromatic nitrogens is 1. The maximum absolute atomic E-state index is 10.5. The molecule has 0 saturated carbocycles. The van der Waals surface area contributed by atoms with Gasteiger partial charge in [0.25, 0.3) is 0 Å². The molecule has 1 heterocycles. The molecular weight excluding hydrogens is 200 g/mol. The molecule has 5 heteroatoms. The van der Waals surface area contributed by atoms with Crippen LogP contribution in [0.3, 0.4) is 0 Å². The Labute approximate surface area is 82.7 Å². The average Bonchev–Trinajstić information content (AvgIpc) is 2.18. The second-order valence-electron chi connectivity index (χ2n) is 2.70. The van der Waals surface area contributed by atoms with Crippen LogP contribution in [0.2, 0.25) is 0 Å². The van der Waals surface area contributed by atoms with Gasteiger partial charge in [-0.2, -0.15) is 0 Å². The highest BCUT2D eigenvalue weighted by atomic mass is 32.2. The normalized spacial score (nSPS) is 10.6. The maximum Gasteiger partial charge on any atom is 0.222 e. The van der Waals surface area contributed by atoms with Crippen molar-refractivity contribution in [2.45, 2.75) is 0 Å². The lowest BCUT2D eigenvalue weighted by atomic mass is 10.1. The first-order chi connectivity index (χ1) is 6.77. The monoisotopic (exact) mass is 207 g/mol. The van der Waals surface area contributed by atoms with Gasteiger partial charge in [-0.3, -0.25) is 9.71 Å². The minimum Gasteiger partial charge on any atom is -0.285 e. The van der Waals surface area contributed by atoms with Crippen molar-refractivity contribution in [1.29, 1.82) is 0 Å². The molecule has 71 valence electrons. The van der Waals surface area contributed by atoms with Gasteiger partial charge in [0.2, 0.25) is 10.9 Å². The van der Waals surface area contributed by atoms with Crippen LogP contribution < -0.4 is 4.72 Å². The zero-order valence-corrected chi connectivity index (χ0v) is 7.99. The molecule has 0 atom stereocenters. The summed E-state index contributed by atoms with van der Waals surface area (Å²) in [5.41, 5.74) is 0.506. The Balaban J connectivity index is 2.64. The van der Waals surface area contributed by atoms with Crippen LogP contribution in [-0.2, 0) is 10.9 Å². The Bertz CT molecular complexity index is 524. The summed E-state index contributed by atoms with van der Waals surface area (Å²) >= 11 is 0. The second kappa shape index (κ2) is 3.63. The number of nitrogens with one attached hydrogen (secondary N) is 1. The van der Waals surface area contributed by atoms with Crippen LogP contribution in [0.5, 0.6) is 0 Å². The molecule has 0 bridgehead atoms. The van der Waals surface area contributed by atoms with E-state index in [1.165, 1.54) is 0 Å². The highest BCUT2D eigenvalue weighted by Gasteiger charge is 1.99. The van der Waals surface area contributed by atoms with Crippen LogP contribution in [0.15, 0.2) is 30.5 Å². The van der Waals surface area contributed by atoms with Gasteiger partial charge in [0, 0.05) is 11.6 Å². The third-order valence-electron chi connectivity index (χ3n) is 1.81. The minimum absolute atomic E-state index is 0.506. The number of anilines is 1. The van der Waals surface area contributed by atoms with Crippen molar-refractivity contribution in [3.8, 4) is 0 Å². The van der Waals surface area contributed by atoms with Crippen LogP contribution in [-0.4, -0.2) is 13.4 Å². The summed E-state index contributed by atoms with van der Waals surface area (Å²) in [6.45, 7) is 0. The second-order valence-corrected chi connectivity index (χ2v) is 3.43. The number of hydrogen-bond donors (Lipinski definition) is 2. The molecule has 4 nitrogen and oxygen atoms in total. The van der Waals surface area contributed by atoms with E-state index >= 15 is 0 Å². The number of rotatable bonds is 2. The predicted molar refractivity (Wildman–Crippen MR) is 54.5 cm³/mol. The first-order valence-electron chi connectivity index (χ1n) is 3.94. The Morgan fingerprint density at radius 2 is 2.14 bits per heavy atom. The number of pyridine rings is 1. The Hall–Kier alpha value is -1.62. The molecule has 0 fully saturated rings. The van der Waals surface area contributed by atoms with Crippen LogP contribution in [0.1, 0.15) is 0 Å². The topological polar surface area (TPSA) is 59.1 Å². The van der Waals surface area contributed by atoms with Gasteiger partial charge in [-0.1, -0.05) is 12.1 Å². The minimum atomic E-state index is -2.65. The van der Waals surface area contributed by atoms with Crippen LogP contribution in [0, 0.1) is 6.20 Å². The van der Waals surface area contributed by atoms with E-state index in [1.54, 1.807) is 24.4 Å². The zero-order valence-electron chi connectivity index (χ0n) is 7.10. The third kappa shape index (κ3) is 1.67. The molecule has 0 amide bonds. The number of benzene rings is 1. The fourth-order valence-corrected chi connectivity index (χ4v) is 1.63. The van der Waals surface area contributed by atoms with Gasteiger partial charge >= 0.3 is 0 Å². The SMILES string of the molecule is O=[SH](=O)Nc1cccc2ccn[c]c12. The predicted octanol–water partition coefficient (Wildman–Crippen LogP) is 0.973. The van der Waals surface area contributed by atoms with Crippen molar-refractivity contribution >= 4 is 27.4 Å². The van der Waals surface area contributed by atoms with Gasteiger partial charge in [0.05, 0.1) is 11.9 Å². The Kier molecular flexibility index (Phi) is 2.32. The molecule has 0 unspecified atom stereocenters. The lowest BCUT2D eigenvalue weighted by Gasteiger charge is -2.02. The van der Waals surface area contributed by atoms with Crippen molar-refractivity contribution in [1.82, 2.24) is 4.98 Å². The van der Waals surface area contributed by atoms with E-state index < -0.39 is 10.9 Å². The van der Waals surface area contributed by atoms with E-state index in [0.717, 1.165) is 5.39 Å². The summed E-state index contributed by atoms with van der Waals surface area (Å²) in [4.78, 5) is 3.82. The molecule has 0 aliphatic carbocycles. The Morgan fingerprint density at radius 1 is 1.29 bits per heavy atom. The Morgan fingerprint density at radius 3 is 2.93 bits per heavy atom. The quantitative estimate of drug-likeness (QED) is 0.721. The van der Waals surface area contributed by atoms with Gasteiger partial charge in [0.1, 0.15) is 0 Å². The van der Waals surface area contributed by atoms with Crippen LogP contribution >= 0.6 is 0 Å². The lowest BCUT2D eigenvalue weighted by molar-refractivity contribution is 0.619. The average molecular weight is 207 g/mol. The third-order valence-corrected chi connectivity index (χ3v) is 2.24. The fourth-order valence-electron chi connectivity index (χ4n) is 1.24. The molecule has 1 aromatic carbocycles. The largest absolute Gasteiger partial charge is 0.285 e. The molecule has 0 aliphatic rings. The molecule has 14 heavy (non-hydrogen) atoms. The molecule has 2 aromatic rings. The van der Waals surface area contributed by atoms with E-state index in [-0.39, 0.29) is 0 Å². The number of hydrogen-bond acceptors (Lipinski definition) is 3. The van der Waals surface area contributed by atoms with E-state index in [1.807, 2.05) is 6.07 Å². The summed E-state index contributed by atoms with van der Waals surface area (Å²) < 4.78 is 23.3. The van der Waals surface area contributed by atoms with Crippen LogP contribution in [0.25, 0.3) is 10.8 Å². The fraction of sp³-hybridized carbons (Fsp3) is 0.